The molecule has 0 fully saturated rings. The number of nitrogens with zero attached hydrogens (tertiary/aromatic N) is 1. The first-order valence-corrected chi connectivity index (χ1v) is 5.14. The molecule has 3 nitrogen and oxygen atoms in total. The maximum Gasteiger partial charge on any atom is 0.148 e. The summed E-state index contributed by atoms with van der Waals surface area (Å²) in [6.45, 7) is 1.87. The number of anilines is 1. The topological polar surface area (TPSA) is 54.7 Å². The van der Waals surface area contributed by atoms with Crippen LogP contribution in [0.25, 0.3) is 11.3 Å². The van der Waals surface area contributed by atoms with Gasteiger partial charge in [0.15, 0.2) is 0 Å². The van der Waals surface area contributed by atoms with Crippen molar-refractivity contribution in [3.63, 3.8) is 0 Å². The van der Waals surface area contributed by atoms with Crippen LogP contribution in [0.4, 0.5) is 10.2 Å². The molecule has 0 spiro atoms. The van der Waals surface area contributed by atoms with Gasteiger partial charge in [-0.2, -0.15) is 5.10 Å². The van der Waals surface area contributed by atoms with Gasteiger partial charge in [-0.1, -0.05) is 0 Å². The van der Waals surface area contributed by atoms with Crippen molar-refractivity contribution in [2.24, 2.45) is 0 Å². The molecule has 0 aliphatic heterocycles. The van der Waals surface area contributed by atoms with E-state index in [1.807, 2.05) is 6.92 Å². The Bertz CT molecular complexity index is 507. The summed E-state index contributed by atoms with van der Waals surface area (Å²) in [6, 6.07) is 4.77. The first-order chi connectivity index (χ1) is 7.09. The van der Waals surface area contributed by atoms with E-state index >= 15 is 0 Å². The number of nitrogen functional groups attached to an aromatic ring is 1. The van der Waals surface area contributed by atoms with Gasteiger partial charge in [0, 0.05) is 11.1 Å². The molecule has 0 atom stereocenters. The lowest BCUT2D eigenvalue weighted by molar-refractivity contribution is 0.621. The van der Waals surface area contributed by atoms with Gasteiger partial charge in [-0.05, 0) is 41.1 Å². The van der Waals surface area contributed by atoms with Crippen molar-refractivity contribution >= 4 is 21.7 Å². The van der Waals surface area contributed by atoms with Crippen molar-refractivity contribution in [1.29, 1.82) is 0 Å². The van der Waals surface area contributed by atoms with Crippen LogP contribution in [-0.4, -0.2) is 10.2 Å². The predicted octanol–water partition coefficient (Wildman–Crippen LogP) is 2.87. The van der Waals surface area contributed by atoms with Gasteiger partial charge in [-0.25, -0.2) is 4.39 Å². The van der Waals surface area contributed by atoms with Gasteiger partial charge in [-0.3, -0.25) is 5.10 Å². The molecule has 0 radical (unpaired) electrons. The van der Waals surface area contributed by atoms with E-state index in [1.165, 1.54) is 6.07 Å². The fourth-order valence-electron chi connectivity index (χ4n) is 1.34. The minimum atomic E-state index is -0.288. The summed E-state index contributed by atoms with van der Waals surface area (Å²) in [5.74, 6) is 0.175. The molecule has 0 saturated heterocycles. The molecule has 78 valence electrons. The maximum absolute atomic E-state index is 13.0. The average Bonchev–Trinajstić information content (AvgIpc) is 2.53. The third-order valence-corrected chi connectivity index (χ3v) is 2.86. The number of nitrogens with two attached hydrogens (primary N) is 1. The molecule has 1 heterocycles. The van der Waals surface area contributed by atoms with Crippen LogP contribution in [0.1, 0.15) is 5.56 Å². The highest BCUT2D eigenvalue weighted by molar-refractivity contribution is 9.10. The van der Waals surface area contributed by atoms with Gasteiger partial charge in [0.05, 0.1) is 10.2 Å². The van der Waals surface area contributed by atoms with Crippen molar-refractivity contribution in [3.05, 3.63) is 34.1 Å². The summed E-state index contributed by atoms with van der Waals surface area (Å²) in [5.41, 5.74) is 8.15. The lowest BCUT2D eigenvalue weighted by Gasteiger charge is -2.01. The molecular weight excluding hydrogens is 261 g/mol. The van der Waals surface area contributed by atoms with Crippen LogP contribution < -0.4 is 5.73 Å². The fraction of sp³-hybridized carbons (Fsp3) is 0.100. The van der Waals surface area contributed by atoms with Gasteiger partial charge >= 0.3 is 0 Å². The average molecular weight is 270 g/mol. The quantitative estimate of drug-likeness (QED) is 0.837. The van der Waals surface area contributed by atoms with Gasteiger partial charge in [0.2, 0.25) is 0 Å². The second-order valence-electron chi connectivity index (χ2n) is 3.24. The zero-order chi connectivity index (χ0) is 11.0. The van der Waals surface area contributed by atoms with Crippen molar-refractivity contribution < 1.29 is 4.39 Å². The predicted molar refractivity (Wildman–Crippen MR) is 60.8 cm³/mol. The van der Waals surface area contributed by atoms with Crippen LogP contribution in [0, 0.1) is 12.7 Å². The summed E-state index contributed by atoms with van der Waals surface area (Å²) in [4.78, 5) is 0. The molecule has 0 amide bonds. The molecule has 2 aromatic rings. The van der Waals surface area contributed by atoms with Crippen molar-refractivity contribution in [1.82, 2.24) is 10.2 Å². The summed E-state index contributed by atoms with van der Waals surface area (Å²) in [5, 5.41) is 6.71. The van der Waals surface area contributed by atoms with Gasteiger partial charge in [-0.15, -0.1) is 0 Å². The van der Waals surface area contributed by atoms with E-state index < -0.39 is 0 Å². The third-order valence-electron chi connectivity index (χ3n) is 2.26. The van der Waals surface area contributed by atoms with Crippen LogP contribution in [0.3, 0.4) is 0 Å². The van der Waals surface area contributed by atoms with Gasteiger partial charge in [0.1, 0.15) is 11.6 Å². The minimum Gasteiger partial charge on any atom is -0.382 e. The Morgan fingerprint density at radius 3 is 2.73 bits per heavy atom. The molecule has 0 saturated carbocycles. The number of hydrogen-bond acceptors (Lipinski definition) is 2. The first kappa shape index (κ1) is 10.2. The molecule has 5 heteroatoms. The molecule has 0 aliphatic rings. The molecule has 0 bridgehead atoms. The van der Waals surface area contributed by atoms with Crippen molar-refractivity contribution in [3.8, 4) is 11.3 Å². The first-order valence-electron chi connectivity index (χ1n) is 4.35. The Balaban J connectivity index is 2.55. The molecule has 15 heavy (non-hydrogen) atoms. The minimum absolute atomic E-state index is 0.288. The van der Waals surface area contributed by atoms with Crippen molar-refractivity contribution in [2.45, 2.75) is 6.92 Å². The number of benzene rings is 1. The molecule has 1 aromatic heterocycles. The van der Waals surface area contributed by atoms with Crippen LogP contribution in [0.15, 0.2) is 22.7 Å². The second-order valence-corrected chi connectivity index (χ2v) is 4.09. The summed E-state index contributed by atoms with van der Waals surface area (Å²) in [6.07, 6.45) is 0. The van der Waals surface area contributed by atoms with Crippen LogP contribution >= 0.6 is 15.9 Å². The smallest absolute Gasteiger partial charge is 0.148 e. The van der Waals surface area contributed by atoms with Crippen LogP contribution in [0.2, 0.25) is 0 Å². The molecule has 0 aliphatic carbocycles. The largest absolute Gasteiger partial charge is 0.382 e. The number of H-pyrrole nitrogens is 1. The Labute approximate surface area is 94.6 Å². The van der Waals surface area contributed by atoms with E-state index in [1.54, 1.807) is 12.1 Å². The van der Waals surface area contributed by atoms with E-state index in [9.17, 15) is 4.39 Å². The fourth-order valence-corrected chi connectivity index (χ4v) is 1.72. The third kappa shape index (κ3) is 1.74. The van der Waals surface area contributed by atoms with Crippen LogP contribution in [0.5, 0.6) is 0 Å². The van der Waals surface area contributed by atoms with Crippen LogP contribution in [-0.2, 0) is 0 Å². The molecule has 0 unspecified atom stereocenters. The number of aromatic nitrogens is 2. The SMILES string of the molecule is Cc1c(N)n[nH]c1-c1ccc(F)c(Br)c1. The molecule has 3 N–H and O–H groups in total. The molecule has 2 rings (SSSR count). The number of hydrogen-bond donors (Lipinski definition) is 2. The standard InChI is InChI=1S/C10H9BrFN3/c1-5-9(14-15-10(5)13)6-2-3-8(12)7(11)4-6/h2-4H,1H3,(H3,13,14,15). The van der Waals surface area contributed by atoms with Gasteiger partial charge in [0.25, 0.3) is 0 Å². The van der Waals surface area contributed by atoms with Gasteiger partial charge < -0.3 is 5.73 Å². The highest BCUT2D eigenvalue weighted by Crippen LogP contribution is 2.27. The number of aromatic amines is 1. The lowest BCUT2D eigenvalue weighted by Crippen LogP contribution is -1.87. The summed E-state index contributed by atoms with van der Waals surface area (Å²) < 4.78 is 13.4. The Kier molecular flexibility index (Phi) is 2.48. The zero-order valence-corrected chi connectivity index (χ0v) is 9.60. The maximum atomic E-state index is 13.0. The van der Waals surface area contributed by atoms with E-state index in [0.717, 1.165) is 16.8 Å². The highest BCUT2D eigenvalue weighted by Gasteiger charge is 2.09. The van der Waals surface area contributed by atoms with E-state index in [4.69, 9.17) is 5.73 Å². The van der Waals surface area contributed by atoms with E-state index in [2.05, 4.69) is 26.1 Å². The Morgan fingerprint density at radius 2 is 2.20 bits per heavy atom. The lowest BCUT2D eigenvalue weighted by atomic mass is 10.1. The monoisotopic (exact) mass is 269 g/mol. The summed E-state index contributed by atoms with van der Waals surface area (Å²) in [7, 11) is 0. The van der Waals surface area contributed by atoms with E-state index in [-0.39, 0.29) is 5.82 Å². The number of rotatable bonds is 1. The highest BCUT2D eigenvalue weighted by atomic mass is 79.9. The molecular formula is C10H9BrFN3. The number of nitrogens with one attached hydrogen (secondary N) is 1. The normalized spacial score (nSPS) is 10.6. The zero-order valence-electron chi connectivity index (χ0n) is 8.01. The Morgan fingerprint density at radius 1 is 1.47 bits per heavy atom. The summed E-state index contributed by atoms with van der Waals surface area (Å²) >= 11 is 3.13. The number of halogens is 2. The van der Waals surface area contributed by atoms with Crippen molar-refractivity contribution in [2.75, 3.05) is 5.73 Å². The molecule has 1 aromatic carbocycles. The second kappa shape index (κ2) is 3.66. The Hall–Kier alpha value is -1.36. The van der Waals surface area contributed by atoms with E-state index in [0.29, 0.717) is 10.3 Å².